The molecule has 0 aromatic carbocycles. The average molecular weight is 221 g/mol. The number of amides is 1. The first-order valence-corrected chi connectivity index (χ1v) is 5.84. The van der Waals surface area contributed by atoms with E-state index in [9.17, 15) is 4.79 Å². The normalized spacial score (nSPS) is 26.9. The molecule has 2 unspecified atom stereocenters. The highest BCUT2D eigenvalue weighted by molar-refractivity contribution is 5.96. The maximum atomic E-state index is 12.3. The Bertz CT molecular complexity index is 347. The minimum atomic E-state index is -0.0548. The van der Waals surface area contributed by atoms with Crippen LogP contribution in [0, 0.1) is 5.92 Å². The van der Waals surface area contributed by atoms with E-state index in [1.165, 1.54) is 0 Å². The molecule has 1 aliphatic heterocycles. The van der Waals surface area contributed by atoms with Gasteiger partial charge < -0.3 is 10.3 Å². The predicted octanol–water partition coefficient (Wildman–Crippen LogP) is 1.37. The third-order valence-corrected chi connectivity index (χ3v) is 3.27. The van der Waals surface area contributed by atoms with Crippen LogP contribution in [0.3, 0.4) is 0 Å². The Morgan fingerprint density at radius 1 is 1.56 bits per heavy atom. The van der Waals surface area contributed by atoms with Crippen molar-refractivity contribution in [1.82, 2.24) is 10.3 Å². The largest absolute Gasteiger partial charge is 0.348 e. The Hall–Kier alpha value is -1.29. The van der Waals surface area contributed by atoms with Gasteiger partial charge in [0.25, 0.3) is 0 Å². The topological polar surface area (TPSA) is 48.1 Å². The summed E-state index contributed by atoms with van der Waals surface area (Å²) < 4.78 is 0. The number of carbonyl (C=O) groups is 1. The van der Waals surface area contributed by atoms with E-state index in [4.69, 9.17) is 0 Å². The molecule has 0 spiro atoms. The van der Waals surface area contributed by atoms with Crippen LogP contribution < -0.4 is 10.2 Å². The molecule has 1 aliphatic rings. The molecule has 0 bridgehead atoms. The van der Waals surface area contributed by atoms with Gasteiger partial charge in [0.05, 0.1) is 6.04 Å². The number of aromatic amines is 1. The van der Waals surface area contributed by atoms with Crippen molar-refractivity contribution in [3.63, 3.8) is 0 Å². The molecule has 4 nitrogen and oxygen atoms in total. The third kappa shape index (κ3) is 2.11. The molecule has 1 aromatic heterocycles. The molecule has 1 fully saturated rings. The second-order valence-electron chi connectivity index (χ2n) is 4.52. The van der Waals surface area contributed by atoms with Crippen LogP contribution in [-0.4, -0.2) is 30.5 Å². The number of H-pyrrole nitrogens is 1. The Balaban J connectivity index is 2.21. The number of likely N-dealkylation sites (N-methyl/N-ethyl adjacent to an activating group) is 1. The molecule has 88 valence electrons. The highest BCUT2D eigenvalue weighted by Crippen LogP contribution is 2.22. The van der Waals surface area contributed by atoms with Crippen molar-refractivity contribution in [2.45, 2.75) is 25.8 Å². The molecule has 2 heterocycles. The van der Waals surface area contributed by atoms with E-state index in [2.05, 4.69) is 17.2 Å². The van der Waals surface area contributed by atoms with Crippen LogP contribution in [0.4, 0.5) is 5.82 Å². The molecular formula is C12H19N3O. The van der Waals surface area contributed by atoms with Crippen LogP contribution in [0.25, 0.3) is 0 Å². The summed E-state index contributed by atoms with van der Waals surface area (Å²) in [6.45, 7) is 3.01. The fourth-order valence-electron chi connectivity index (χ4n) is 2.24. The fraction of sp³-hybridized carbons (Fsp3) is 0.583. The van der Waals surface area contributed by atoms with Gasteiger partial charge in [0.1, 0.15) is 5.82 Å². The highest BCUT2D eigenvalue weighted by atomic mass is 16.2. The van der Waals surface area contributed by atoms with E-state index in [1.807, 2.05) is 30.3 Å². The van der Waals surface area contributed by atoms with Crippen LogP contribution in [0.5, 0.6) is 0 Å². The minimum Gasteiger partial charge on any atom is -0.348 e. The summed E-state index contributed by atoms with van der Waals surface area (Å²) in [4.78, 5) is 17.2. The smallest absolute Gasteiger partial charge is 0.245 e. The summed E-state index contributed by atoms with van der Waals surface area (Å²) in [6.07, 6.45) is 3.83. The molecule has 0 radical (unpaired) electrons. The second kappa shape index (κ2) is 4.70. The quantitative estimate of drug-likeness (QED) is 0.792. The maximum Gasteiger partial charge on any atom is 0.245 e. The van der Waals surface area contributed by atoms with Crippen molar-refractivity contribution in [3.05, 3.63) is 18.3 Å². The first-order chi connectivity index (χ1) is 7.72. The molecule has 1 saturated heterocycles. The highest BCUT2D eigenvalue weighted by Gasteiger charge is 2.29. The molecule has 2 atom stereocenters. The van der Waals surface area contributed by atoms with Gasteiger partial charge in [-0.25, -0.2) is 0 Å². The van der Waals surface area contributed by atoms with E-state index in [1.54, 1.807) is 0 Å². The van der Waals surface area contributed by atoms with Crippen LogP contribution in [0.1, 0.15) is 19.8 Å². The van der Waals surface area contributed by atoms with Gasteiger partial charge >= 0.3 is 0 Å². The lowest BCUT2D eigenvalue weighted by molar-refractivity contribution is -0.120. The van der Waals surface area contributed by atoms with Gasteiger partial charge in [-0.3, -0.25) is 9.69 Å². The molecule has 16 heavy (non-hydrogen) atoms. The number of hydrogen-bond donors (Lipinski definition) is 2. The second-order valence-corrected chi connectivity index (χ2v) is 4.52. The monoisotopic (exact) mass is 221 g/mol. The van der Waals surface area contributed by atoms with Crippen molar-refractivity contribution in [2.24, 2.45) is 5.92 Å². The number of carbonyl (C=O) groups excluding carboxylic acids is 1. The third-order valence-electron chi connectivity index (χ3n) is 3.27. The predicted molar refractivity (Wildman–Crippen MR) is 64.4 cm³/mol. The number of nitrogens with zero attached hydrogens (tertiary/aromatic N) is 1. The summed E-state index contributed by atoms with van der Waals surface area (Å²) >= 11 is 0. The molecule has 0 aliphatic carbocycles. The fourth-order valence-corrected chi connectivity index (χ4v) is 2.24. The van der Waals surface area contributed by atoms with E-state index in [-0.39, 0.29) is 11.9 Å². The zero-order valence-corrected chi connectivity index (χ0v) is 9.86. The standard InChI is InChI=1S/C12H19N3O/c1-9-5-7-15(11-4-3-6-14-11)12(16)10(8-9)13-2/h3-4,6,9-10,13-14H,5,7-8H2,1-2H3. The lowest BCUT2D eigenvalue weighted by Gasteiger charge is -2.22. The van der Waals surface area contributed by atoms with Crippen molar-refractivity contribution < 1.29 is 4.79 Å². The van der Waals surface area contributed by atoms with E-state index < -0.39 is 0 Å². The molecule has 2 rings (SSSR count). The van der Waals surface area contributed by atoms with Gasteiger partial charge in [0.2, 0.25) is 5.91 Å². The summed E-state index contributed by atoms with van der Waals surface area (Å²) in [5.74, 6) is 1.66. The first-order valence-electron chi connectivity index (χ1n) is 5.84. The van der Waals surface area contributed by atoms with Crippen molar-refractivity contribution >= 4 is 11.7 Å². The number of hydrogen-bond acceptors (Lipinski definition) is 2. The van der Waals surface area contributed by atoms with Crippen LogP contribution >= 0.6 is 0 Å². The zero-order valence-electron chi connectivity index (χ0n) is 9.86. The van der Waals surface area contributed by atoms with Gasteiger partial charge in [-0.1, -0.05) is 6.92 Å². The Morgan fingerprint density at radius 3 is 3.00 bits per heavy atom. The van der Waals surface area contributed by atoms with Crippen molar-refractivity contribution in [1.29, 1.82) is 0 Å². The molecular weight excluding hydrogens is 202 g/mol. The van der Waals surface area contributed by atoms with Crippen molar-refractivity contribution in [3.8, 4) is 0 Å². The van der Waals surface area contributed by atoms with E-state index >= 15 is 0 Å². The van der Waals surface area contributed by atoms with Gasteiger partial charge in [-0.2, -0.15) is 0 Å². The number of rotatable bonds is 2. The minimum absolute atomic E-state index is 0.0548. The van der Waals surface area contributed by atoms with E-state index in [0.29, 0.717) is 5.92 Å². The Kier molecular flexibility index (Phi) is 3.29. The lowest BCUT2D eigenvalue weighted by Crippen LogP contribution is -2.44. The summed E-state index contributed by atoms with van der Waals surface area (Å²) in [5.41, 5.74) is 0. The van der Waals surface area contributed by atoms with Gasteiger partial charge in [-0.15, -0.1) is 0 Å². The Labute approximate surface area is 96.0 Å². The maximum absolute atomic E-state index is 12.3. The van der Waals surface area contributed by atoms with Crippen LogP contribution in [-0.2, 0) is 4.79 Å². The average Bonchev–Trinajstić information content (AvgIpc) is 2.75. The molecule has 2 N–H and O–H groups in total. The van der Waals surface area contributed by atoms with Crippen LogP contribution in [0.2, 0.25) is 0 Å². The summed E-state index contributed by atoms with van der Waals surface area (Å²) in [6, 6.07) is 3.81. The van der Waals surface area contributed by atoms with E-state index in [0.717, 1.165) is 25.2 Å². The number of anilines is 1. The SMILES string of the molecule is CNC1CC(C)CCN(c2ccc[nH]2)C1=O. The van der Waals surface area contributed by atoms with Crippen LogP contribution in [0.15, 0.2) is 18.3 Å². The van der Waals surface area contributed by atoms with Gasteiger partial charge in [0.15, 0.2) is 0 Å². The van der Waals surface area contributed by atoms with Gasteiger partial charge in [0, 0.05) is 12.7 Å². The molecule has 4 heteroatoms. The first kappa shape index (κ1) is 11.2. The lowest BCUT2D eigenvalue weighted by atomic mass is 10.0. The molecule has 1 aromatic rings. The summed E-state index contributed by atoms with van der Waals surface area (Å²) in [5, 5.41) is 3.11. The number of nitrogens with one attached hydrogen (secondary N) is 2. The zero-order chi connectivity index (χ0) is 11.5. The van der Waals surface area contributed by atoms with Crippen molar-refractivity contribution in [2.75, 3.05) is 18.5 Å². The molecule has 1 amide bonds. The molecule has 0 saturated carbocycles. The summed E-state index contributed by atoms with van der Waals surface area (Å²) in [7, 11) is 1.85. The number of aromatic nitrogens is 1. The Morgan fingerprint density at radius 2 is 2.38 bits per heavy atom. The van der Waals surface area contributed by atoms with Gasteiger partial charge in [-0.05, 0) is 37.9 Å².